The maximum Gasteiger partial charge on any atom is 0.0842 e. The van der Waals surface area contributed by atoms with E-state index in [9.17, 15) is 0 Å². The standard InChI is InChI=1S/C18H27NOS/c1-19-15(13-21-16-7-3-4-8-16)12-18-17-9-5-2-6-14(17)10-11-20-18/h2,5-6,9,15-16,18-19H,3-4,7-8,10-13H2,1H3. The van der Waals surface area contributed by atoms with Crippen LogP contribution in [0.25, 0.3) is 0 Å². The maximum atomic E-state index is 6.06. The van der Waals surface area contributed by atoms with Gasteiger partial charge in [0.15, 0.2) is 0 Å². The quantitative estimate of drug-likeness (QED) is 0.860. The van der Waals surface area contributed by atoms with E-state index < -0.39 is 0 Å². The van der Waals surface area contributed by atoms with Crippen LogP contribution in [0.15, 0.2) is 24.3 Å². The van der Waals surface area contributed by atoms with E-state index in [4.69, 9.17) is 4.74 Å². The van der Waals surface area contributed by atoms with Crippen molar-refractivity contribution in [2.45, 2.75) is 55.9 Å². The number of rotatable bonds is 6. The Balaban J connectivity index is 1.56. The second kappa shape index (κ2) is 7.66. The highest BCUT2D eigenvalue weighted by atomic mass is 32.2. The molecule has 1 heterocycles. The van der Waals surface area contributed by atoms with Gasteiger partial charge in [0.25, 0.3) is 0 Å². The molecule has 2 unspecified atom stereocenters. The van der Waals surface area contributed by atoms with Crippen LogP contribution in [0, 0.1) is 0 Å². The third kappa shape index (κ3) is 4.02. The lowest BCUT2D eigenvalue weighted by atomic mass is 9.94. The zero-order chi connectivity index (χ0) is 14.5. The normalized spacial score (nSPS) is 24.0. The largest absolute Gasteiger partial charge is 0.373 e. The Bertz CT molecular complexity index is 445. The molecule has 0 spiro atoms. The molecule has 3 rings (SSSR count). The molecule has 116 valence electrons. The van der Waals surface area contributed by atoms with Gasteiger partial charge < -0.3 is 10.1 Å². The second-order valence-electron chi connectivity index (χ2n) is 6.27. The monoisotopic (exact) mass is 305 g/mol. The highest BCUT2D eigenvalue weighted by molar-refractivity contribution is 7.99. The summed E-state index contributed by atoms with van der Waals surface area (Å²) >= 11 is 2.17. The molecule has 1 N–H and O–H groups in total. The molecule has 2 nitrogen and oxygen atoms in total. The molecule has 1 fully saturated rings. The number of ether oxygens (including phenoxy) is 1. The molecule has 2 atom stereocenters. The van der Waals surface area contributed by atoms with Crippen LogP contribution in [0.5, 0.6) is 0 Å². The minimum absolute atomic E-state index is 0.275. The summed E-state index contributed by atoms with van der Waals surface area (Å²) in [5, 5.41) is 4.41. The fraction of sp³-hybridized carbons (Fsp3) is 0.667. The van der Waals surface area contributed by atoms with Crippen LogP contribution in [0.2, 0.25) is 0 Å². The van der Waals surface area contributed by atoms with Crippen LogP contribution in [0.3, 0.4) is 0 Å². The lowest BCUT2D eigenvalue weighted by Gasteiger charge is -2.29. The first-order chi connectivity index (χ1) is 10.4. The Kier molecular flexibility index (Phi) is 5.61. The van der Waals surface area contributed by atoms with Gasteiger partial charge in [-0.25, -0.2) is 0 Å². The lowest BCUT2D eigenvalue weighted by molar-refractivity contribution is 0.0315. The third-order valence-electron chi connectivity index (χ3n) is 4.83. The summed E-state index contributed by atoms with van der Waals surface area (Å²) in [5.74, 6) is 1.21. The number of fused-ring (bicyclic) bond motifs is 1. The van der Waals surface area contributed by atoms with E-state index in [-0.39, 0.29) is 6.10 Å². The number of thioether (sulfide) groups is 1. The van der Waals surface area contributed by atoms with E-state index in [2.05, 4.69) is 48.4 Å². The average Bonchev–Trinajstić information content (AvgIpc) is 3.05. The number of hydrogen-bond acceptors (Lipinski definition) is 3. The minimum Gasteiger partial charge on any atom is -0.373 e. The summed E-state index contributed by atoms with van der Waals surface area (Å²) in [6, 6.07) is 9.34. The fourth-order valence-corrected chi connectivity index (χ4v) is 4.98. The molecule has 21 heavy (non-hydrogen) atoms. The predicted molar refractivity (Wildman–Crippen MR) is 91.0 cm³/mol. The maximum absolute atomic E-state index is 6.06. The summed E-state index contributed by atoms with van der Waals surface area (Å²) < 4.78 is 6.06. The molecule has 1 aliphatic heterocycles. The van der Waals surface area contributed by atoms with Crippen LogP contribution >= 0.6 is 11.8 Å². The van der Waals surface area contributed by atoms with E-state index >= 15 is 0 Å². The van der Waals surface area contributed by atoms with Crippen molar-refractivity contribution in [3.63, 3.8) is 0 Å². The van der Waals surface area contributed by atoms with Gasteiger partial charge >= 0.3 is 0 Å². The predicted octanol–water partition coefficient (Wildman–Crippen LogP) is 3.95. The van der Waals surface area contributed by atoms with Gasteiger partial charge in [0.2, 0.25) is 0 Å². The molecule has 2 aliphatic rings. The Morgan fingerprint density at radius 1 is 1.29 bits per heavy atom. The topological polar surface area (TPSA) is 21.3 Å². The molecular formula is C18H27NOS. The lowest BCUT2D eigenvalue weighted by Crippen LogP contribution is -2.32. The van der Waals surface area contributed by atoms with Gasteiger partial charge in [0.05, 0.1) is 12.7 Å². The van der Waals surface area contributed by atoms with Crippen molar-refractivity contribution >= 4 is 11.8 Å². The van der Waals surface area contributed by atoms with Gasteiger partial charge in [-0.3, -0.25) is 0 Å². The summed E-state index contributed by atoms with van der Waals surface area (Å²) in [7, 11) is 2.09. The molecule has 0 bridgehead atoms. The Morgan fingerprint density at radius 3 is 2.90 bits per heavy atom. The van der Waals surface area contributed by atoms with Crippen LogP contribution < -0.4 is 5.32 Å². The van der Waals surface area contributed by atoms with Crippen LogP contribution in [0.1, 0.15) is 49.3 Å². The van der Waals surface area contributed by atoms with Crippen molar-refractivity contribution in [2.75, 3.05) is 19.4 Å². The zero-order valence-corrected chi connectivity index (χ0v) is 13.8. The Morgan fingerprint density at radius 2 is 2.10 bits per heavy atom. The summed E-state index contributed by atoms with van der Waals surface area (Å²) in [5.41, 5.74) is 2.89. The first-order valence-electron chi connectivity index (χ1n) is 8.35. The van der Waals surface area contributed by atoms with E-state index in [0.717, 1.165) is 24.7 Å². The molecule has 0 amide bonds. The summed E-state index contributed by atoms with van der Waals surface area (Å²) in [6.07, 6.45) is 8.13. The Labute approximate surface area is 133 Å². The fourth-order valence-electron chi connectivity index (χ4n) is 3.51. The molecule has 1 aromatic rings. The first kappa shape index (κ1) is 15.4. The minimum atomic E-state index is 0.275. The SMILES string of the molecule is CNC(CSC1CCCC1)CC1OCCc2ccccc21. The first-order valence-corrected chi connectivity index (χ1v) is 9.40. The number of hydrogen-bond donors (Lipinski definition) is 1. The van der Waals surface area contributed by atoms with Crippen molar-refractivity contribution in [1.82, 2.24) is 5.32 Å². The molecule has 0 radical (unpaired) electrons. The van der Waals surface area contributed by atoms with Gasteiger partial charge in [0, 0.05) is 17.0 Å². The van der Waals surface area contributed by atoms with Crippen molar-refractivity contribution in [3.05, 3.63) is 35.4 Å². The van der Waals surface area contributed by atoms with Crippen molar-refractivity contribution < 1.29 is 4.74 Å². The number of nitrogens with one attached hydrogen (secondary N) is 1. The van der Waals surface area contributed by atoms with Crippen LogP contribution in [-0.2, 0) is 11.2 Å². The van der Waals surface area contributed by atoms with Gasteiger partial charge in [-0.2, -0.15) is 11.8 Å². The molecule has 0 aromatic heterocycles. The van der Waals surface area contributed by atoms with E-state index in [1.54, 1.807) is 0 Å². The zero-order valence-electron chi connectivity index (χ0n) is 13.0. The molecule has 1 saturated carbocycles. The van der Waals surface area contributed by atoms with E-state index in [1.807, 2.05) is 0 Å². The molecule has 0 saturated heterocycles. The highest BCUT2D eigenvalue weighted by Crippen LogP contribution is 2.33. The van der Waals surface area contributed by atoms with Crippen molar-refractivity contribution in [3.8, 4) is 0 Å². The third-order valence-corrected chi connectivity index (χ3v) is 6.37. The second-order valence-corrected chi connectivity index (χ2v) is 7.60. The van der Waals surface area contributed by atoms with Gasteiger partial charge in [-0.15, -0.1) is 0 Å². The van der Waals surface area contributed by atoms with Crippen molar-refractivity contribution in [1.29, 1.82) is 0 Å². The molecule has 1 aliphatic carbocycles. The molecular weight excluding hydrogens is 278 g/mol. The van der Waals surface area contributed by atoms with Gasteiger partial charge in [-0.1, -0.05) is 37.1 Å². The Hall–Kier alpha value is -0.510. The molecule has 1 aromatic carbocycles. The van der Waals surface area contributed by atoms with Crippen LogP contribution in [-0.4, -0.2) is 30.7 Å². The van der Waals surface area contributed by atoms with Gasteiger partial charge in [0.1, 0.15) is 0 Å². The summed E-state index contributed by atoms with van der Waals surface area (Å²) in [4.78, 5) is 0. The highest BCUT2D eigenvalue weighted by Gasteiger charge is 2.24. The van der Waals surface area contributed by atoms with Crippen LogP contribution in [0.4, 0.5) is 0 Å². The molecule has 3 heteroatoms. The summed E-state index contributed by atoms with van der Waals surface area (Å²) in [6.45, 7) is 0.869. The smallest absolute Gasteiger partial charge is 0.0842 e. The van der Waals surface area contributed by atoms with Gasteiger partial charge in [-0.05, 0) is 43.9 Å². The number of benzene rings is 1. The average molecular weight is 305 g/mol. The van der Waals surface area contributed by atoms with E-state index in [1.165, 1.54) is 42.6 Å². The van der Waals surface area contributed by atoms with E-state index in [0.29, 0.717) is 6.04 Å². The van der Waals surface area contributed by atoms with Crippen molar-refractivity contribution in [2.24, 2.45) is 0 Å².